The number of ether oxygens (including phenoxy) is 9. The molecule has 5 saturated heterocycles. The maximum Gasteiger partial charge on any atom is 0.187 e. The van der Waals surface area contributed by atoms with E-state index in [9.17, 15) is 66.4 Å². The van der Waals surface area contributed by atoms with Gasteiger partial charge in [-0.2, -0.15) is 0 Å². The van der Waals surface area contributed by atoms with Crippen LogP contribution >= 0.6 is 0 Å². The van der Waals surface area contributed by atoms with E-state index < -0.39 is 142 Å². The third-order valence-corrected chi connectivity index (χ3v) is 20.0. The largest absolute Gasteiger partial charge is 0.394 e. The van der Waals surface area contributed by atoms with Crippen molar-refractivity contribution in [3.05, 3.63) is 0 Å². The van der Waals surface area contributed by atoms with Crippen molar-refractivity contribution < 1.29 is 109 Å². The Balaban J connectivity index is 0.830. The third kappa shape index (κ3) is 10.2. The highest BCUT2D eigenvalue weighted by Gasteiger charge is 2.68. The smallest absolute Gasteiger partial charge is 0.187 e. The molecule has 32 atom stereocenters. The molecule has 0 amide bonds. The fourth-order valence-electron chi connectivity index (χ4n) is 15.5. The molecule has 4 saturated carbocycles. The van der Waals surface area contributed by atoms with E-state index in [1.807, 2.05) is 6.92 Å². The fraction of sp³-hybridized carbons (Fsp3) is 1.00. The van der Waals surface area contributed by atoms with Crippen molar-refractivity contribution in [1.29, 1.82) is 0 Å². The quantitative estimate of drug-likeness (QED) is 0.0845. The molecule has 0 aromatic carbocycles. The topological polar surface area (TPSA) is 346 Å². The minimum Gasteiger partial charge on any atom is -0.394 e. The summed E-state index contributed by atoms with van der Waals surface area (Å²) in [5.41, 5.74) is -0.0281. The third-order valence-electron chi connectivity index (χ3n) is 20.0. The minimum atomic E-state index is -1.74. The first-order valence-corrected chi connectivity index (χ1v) is 27.1. The highest BCUT2D eigenvalue weighted by Crippen LogP contribution is 2.71. The lowest BCUT2D eigenvalue weighted by molar-refractivity contribution is -0.389. The highest BCUT2D eigenvalue weighted by atomic mass is 16.8. The number of aliphatic hydroxyl groups excluding tert-OH is 12. The monoisotopic (exact) mass is 1050 g/mol. The second kappa shape index (κ2) is 22.0. The van der Waals surface area contributed by atoms with E-state index in [2.05, 4.69) is 20.8 Å². The Hall–Kier alpha value is -0.880. The fourth-order valence-corrected chi connectivity index (χ4v) is 15.5. The average Bonchev–Trinajstić information content (AvgIpc) is 3.80. The van der Waals surface area contributed by atoms with Gasteiger partial charge in [0.2, 0.25) is 0 Å². The van der Waals surface area contributed by atoms with E-state index in [-0.39, 0.29) is 53.3 Å². The van der Waals surface area contributed by atoms with Crippen LogP contribution in [0, 0.1) is 52.3 Å². The Bertz CT molecular complexity index is 1840. The molecule has 0 aromatic heterocycles. The zero-order valence-corrected chi connectivity index (χ0v) is 42.9. The van der Waals surface area contributed by atoms with Gasteiger partial charge in [0.25, 0.3) is 0 Å². The summed E-state index contributed by atoms with van der Waals surface area (Å²) < 4.78 is 54.7. The second-order valence-electron chi connectivity index (χ2n) is 24.2. The summed E-state index contributed by atoms with van der Waals surface area (Å²) >= 11 is 0. The second-order valence-corrected chi connectivity index (χ2v) is 24.2. The van der Waals surface area contributed by atoms with Crippen LogP contribution in [0.15, 0.2) is 0 Å². The molecular formula is C51H86O22. The molecule has 26 unspecified atom stereocenters. The molecule has 0 bridgehead atoms. The van der Waals surface area contributed by atoms with Crippen LogP contribution in [0.2, 0.25) is 0 Å². The van der Waals surface area contributed by atoms with Crippen molar-refractivity contribution in [1.82, 2.24) is 0 Å². The van der Waals surface area contributed by atoms with Crippen LogP contribution in [0.25, 0.3) is 0 Å². The molecule has 9 rings (SSSR count). The zero-order valence-electron chi connectivity index (χ0n) is 42.9. The van der Waals surface area contributed by atoms with E-state index in [4.69, 9.17) is 42.6 Å². The summed E-state index contributed by atoms with van der Waals surface area (Å²) in [6.07, 6.45) is -21.1. The molecule has 9 fully saturated rings. The van der Waals surface area contributed by atoms with E-state index >= 15 is 0 Å². The maximum atomic E-state index is 12.1. The van der Waals surface area contributed by atoms with Gasteiger partial charge in [-0.1, -0.05) is 27.7 Å². The summed E-state index contributed by atoms with van der Waals surface area (Å²) in [6.45, 7) is 10.8. The Morgan fingerprint density at radius 3 is 1.77 bits per heavy atom. The zero-order chi connectivity index (χ0) is 52.8. The molecule has 0 spiro atoms. The molecule has 5 aliphatic heterocycles. The number of aliphatic hydroxyl groups is 13. The molecule has 0 radical (unpaired) electrons. The van der Waals surface area contributed by atoms with Crippen LogP contribution in [0.4, 0.5) is 0 Å². The van der Waals surface area contributed by atoms with Crippen molar-refractivity contribution in [2.24, 2.45) is 52.3 Å². The molecule has 5 heterocycles. The van der Waals surface area contributed by atoms with Crippen molar-refractivity contribution in [3.8, 4) is 0 Å². The van der Waals surface area contributed by atoms with Gasteiger partial charge >= 0.3 is 0 Å². The molecule has 73 heavy (non-hydrogen) atoms. The predicted molar refractivity (Wildman–Crippen MR) is 249 cm³/mol. The van der Waals surface area contributed by atoms with Crippen molar-refractivity contribution >= 4 is 0 Å². The summed E-state index contributed by atoms with van der Waals surface area (Å²) in [7, 11) is 0. The van der Waals surface area contributed by atoms with E-state index in [0.29, 0.717) is 43.4 Å². The van der Waals surface area contributed by atoms with Crippen LogP contribution < -0.4 is 0 Å². The van der Waals surface area contributed by atoms with Gasteiger partial charge in [-0.05, 0) is 118 Å². The van der Waals surface area contributed by atoms with E-state index in [1.54, 1.807) is 0 Å². The van der Waals surface area contributed by atoms with Crippen molar-refractivity contribution in [2.45, 2.75) is 247 Å². The predicted octanol–water partition coefficient (Wildman–Crippen LogP) is -1.90. The summed E-state index contributed by atoms with van der Waals surface area (Å²) in [5.74, 6) is 0.300. The van der Waals surface area contributed by atoms with Gasteiger partial charge in [-0.25, -0.2) is 0 Å². The van der Waals surface area contributed by atoms with E-state index in [1.165, 1.54) is 13.8 Å². The Morgan fingerprint density at radius 1 is 0.562 bits per heavy atom. The number of rotatable bonds is 14. The van der Waals surface area contributed by atoms with Gasteiger partial charge in [0.05, 0.1) is 44.2 Å². The maximum absolute atomic E-state index is 12.1. The Morgan fingerprint density at radius 2 is 1.14 bits per heavy atom. The molecule has 422 valence electrons. The van der Waals surface area contributed by atoms with Gasteiger partial charge < -0.3 is 109 Å². The molecule has 9 aliphatic rings. The van der Waals surface area contributed by atoms with Gasteiger partial charge in [-0.3, -0.25) is 0 Å². The van der Waals surface area contributed by atoms with Crippen LogP contribution in [0.5, 0.6) is 0 Å². The first-order chi connectivity index (χ1) is 34.5. The minimum absolute atomic E-state index is 0.00150. The lowest BCUT2D eigenvalue weighted by atomic mass is 9.44. The van der Waals surface area contributed by atoms with Crippen LogP contribution in [0.1, 0.15) is 106 Å². The Kier molecular flexibility index (Phi) is 17.1. The first kappa shape index (κ1) is 56.8. The van der Waals surface area contributed by atoms with Crippen LogP contribution in [-0.2, 0) is 42.6 Å². The number of fused-ring (bicyclic) bond motifs is 7. The van der Waals surface area contributed by atoms with Gasteiger partial charge in [0.15, 0.2) is 30.9 Å². The SMILES string of the molecule is CC1OC(OC2C(CO)OC(OC3CC[C@]4(C)C5CC[C@@]6(C)C(CC7O[C@](O)(CC[C@@H](C)COC8OC(CO)C(O)C(O)C8O)[C@@H](C)C76)C5CC[C@@H]4C3)C(OC3OC(C)C(O)C(O)C3O)C2O)C(O)C(O)C1O. The molecule has 22 heteroatoms. The lowest BCUT2D eigenvalue weighted by Gasteiger charge is -2.61. The standard InChI is InChI=1S/C51H86O22/c1-20(19-65-45-39(60)38(59)35(56)30(17-52)69-45)9-14-51(64)21(2)32-29(73-51)16-28-26-8-7-24-15-25(10-12-49(24,5)27(26)11-13-50(28,32)6)68-48-44(72-47-41(62)37(58)34(55)23(4)67-47)42(63)43(31(18-53)70-48)71-46-40(61)36(57)33(54)22(3)66-46/h20-48,52-64H,7-19H2,1-6H3/t20-,21+,22?,23?,24-,25?,26?,27?,28?,29?,30?,31?,32?,33?,34?,35?,36?,37?,38?,39?,40?,41?,42?,43?,44?,45?,46?,47?,48?,49+,50+,51-/m1/s1. The number of hydrogen-bond acceptors (Lipinski definition) is 22. The summed E-state index contributed by atoms with van der Waals surface area (Å²) in [6, 6.07) is 0. The van der Waals surface area contributed by atoms with Crippen LogP contribution in [0.3, 0.4) is 0 Å². The van der Waals surface area contributed by atoms with Crippen molar-refractivity contribution in [3.63, 3.8) is 0 Å². The molecular weight excluding hydrogens is 965 g/mol. The highest BCUT2D eigenvalue weighted by molar-refractivity contribution is 5.15. The van der Waals surface area contributed by atoms with Gasteiger partial charge in [-0.15, -0.1) is 0 Å². The number of hydrogen-bond donors (Lipinski definition) is 13. The van der Waals surface area contributed by atoms with Crippen molar-refractivity contribution in [2.75, 3.05) is 19.8 Å². The Labute approximate surface area is 426 Å². The van der Waals surface area contributed by atoms with Gasteiger partial charge in [0, 0.05) is 12.3 Å². The van der Waals surface area contributed by atoms with Gasteiger partial charge in [0.1, 0.15) is 85.5 Å². The molecule has 4 aliphatic carbocycles. The first-order valence-electron chi connectivity index (χ1n) is 27.1. The average molecular weight is 1050 g/mol. The van der Waals surface area contributed by atoms with Crippen LogP contribution in [-0.4, -0.2) is 227 Å². The van der Waals surface area contributed by atoms with E-state index in [0.717, 1.165) is 38.5 Å². The molecule has 0 aromatic rings. The summed E-state index contributed by atoms with van der Waals surface area (Å²) in [5, 5.41) is 139. The lowest BCUT2D eigenvalue weighted by Crippen LogP contribution is -2.66. The normalized spacial score (nSPS) is 56.6. The molecule has 13 N–H and O–H groups in total. The molecule has 22 nitrogen and oxygen atoms in total. The summed E-state index contributed by atoms with van der Waals surface area (Å²) in [4.78, 5) is 0.